The van der Waals surface area contributed by atoms with Gasteiger partial charge in [0.25, 0.3) is 0 Å². The van der Waals surface area contributed by atoms with Crippen molar-refractivity contribution in [2.24, 2.45) is 5.92 Å². The topological polar surface area (TPSA) is 20.2 Å². The number of aliphatic hydroxyl groups is 1. The Morgan fingerprint density at radius 3 is 1.81 bits per heavy atom. The van der Waals surface area contributed by atoms with E-state index in [2.05, 4.69) is 67.6 Å². The SMILES string of the molecule is CC(C[C@@H](O)C1CCC1)(c1ccccc1)c1ccccc1. The van der Waals surface area contributed by atoms with Gasteiger partial charge in [-0.2, -0.15) is 0 Å². The Bertz CT molecular complexity index is 517. The molecule has 0 aliphatic heterocycles. The highest BCUT2D eigenvalue weighted by atomic mass is 16.3. The number of benzene rings is 2. The fraction of sp³-hybridized carbons (Fsp3) is 0.400. The molecule has 1 aliphatic carbocycles. The molecule has 2 aromatic rings. The largest absolute Gasteiger partial charge is 0.393 e. The summed E-state index contributed by atoms with van der Waals surface area (Å²) in [5.41, 5.74) is 2.45. The third kappa shape index (κ3) is 2.89. The van der Waals surface area contributed by atoms with Crippen LogP contribution in [0.25, 0.3) is 0 Å². The normalized spacial score (nSPS) is 17.2. The molecule has 1 N–H and O–H groups in total. The molecule has 0 aromatic heterocycles. The predicted molar refractivity (Wildman–Crippen MR) is 87.3 cm³/mol. The summed E-state index contributed by atoms with van der Waals surface area (Å²) < 4.78 is 0. The molecule has 0 bridgehead atoms. The second kappa shape index (κ2) is 6.03. The van der Waals surface area contributed by atoms with Crippen molar-refractivity contribution in [1.29, 1.82) is 0 Å². The summed E-state index contributed by atoms with van der Waals surface area (Å²) in [6, 6.07) is 21.2. The third-order valence-electron chi connectivity index (χ3n) is 5.13. The van der Waals surface area contributed by atoms with E-state index in [0.717, 1.165) is 6.42 Å². The molecular weight excluding hydrogens is 256 g/mol. The highest BCUT2D eigenvalue weighted by molar-refractivity contribution is 5.38. The van der Waals surface area contributed by atoms with Gasteiger partial charge in [-0.3, -0.25) is 0 Å². The summed E-state index contributed by atoms with van der Waals surface area (Å²) in [6.07, 6.45) is 4.23. The highest BCUT2D eigenvalue weighted by Crippen LogP contribution is 2.40. The van der Waals surface area contributed by atoms with Gasteiger partial charge in [-0.15, -0.1) is 0 Å². The zero-order valence-corrected chi connectivity index (χ0v) is 12.7. The van der Waals surface area contributed by atoms with E-state index in [1.165, 1.54) is 30.4 Å². The molecule has 1 saturated carbocycles. The lowest BCUT2D eigenvalue weighted by atomic mass is 9.68. The van der Waals surface area contributed by atoms with Crippen molar-refractivity contribution < 1.29 is 5.11 Å². The van der Waals surface area contributed by atoms with Crippen LogP contribution < -0.4 is 0 Å². The standard InChI is InChI=1S/C20H24O/c1-20(17-11-4-2-5-12-17,18-13-6-3-7-14-18)15-19(21)16-9-8-10-16/h2-7,11-14,16,19,21H,8-10,15H2,1H3/t19-/m1/s1. The van der Waals surface area contributed by atoms with Gasteiger partial charge in [0.05, 0.1) is 6.10 Å². The molecule has 1 aliphatic rings. The molecule has 1 fully saturated rings. The average Bonchev–Trinajstić information content (AvgIpc) is 2.47. The maximum absolute atomic E-state index is 10.6. The summed E-state index contributed by atoms with van der Waals surface area (Å²) in [6.45, 7) is 2.26. The first kappa shape index (κ1) is 14.3. The Balaban J connectivity index is 1.94. The van der Waals surface area contributed by atoms with Crippen LogP contribution in [0.15, 0.2) is 60.7 Å². The summed E-state index contributed by atoms with van der Waals surface area (Å²) >= 11 is 0. The van der Waals surface area contributed by atoms with Crippen LogP contribution >= 0.6 is 0 Å². The van der Waals surface area contributed by atoms with Crippen LogP contribution in [-0.2, 0) is 5.41 Å². The van der Waals surface area contributed by atoms with E-state index in [9.17, 15) is 5.11 Å². The van der Waals surface area contributed by atoms with Crippen molar-refractivity contribution in [1.82, 2.24) is 0 Å². The van der Waals surface area contributed by atoms with Crippen molar-refractivity contribution in [2.45, 2.75) is 44.1 Å². The Kier molecular flexibility index (Phi) is 4.12. The minimum absolute atomic E-state index is 0.127. The fourth-order valence-electron chi connectivity index (χ4n) is 3.42. The Hall–Kier alpha value is -1.60. The van der Waals surface area contributed by atoms with E-state index in [-0.39, 0.29) is 11.5 Å². The van der Waals surface area contributed by atoms with E-state index < -0.39 is 0 Å². The quantitative estimate of drug-likeness (QED) is 0.852. The highest BCUT2D eigenvalue weighted by Gasteiger charge is 2.35. The Morgan fingerprint density at radius 1 is 0.952 bits per heavy atom. The van der Waals surface area contributed by atoms with Crippen LogP contribution in [0.3, 0.4) is 0 Å². The lowest BCUT2D eigenvalue weighted by molar-refractivity contribution is 0.0429. The van der Waals surface area contributed by atoms with Gasteiger partial charge in [0.2, 0.25) is 0 Å². The van der Waals surface area contributed by atoms with Crippen molar-refractivity contribution >= 4 is 0 Å². The first-order valence-electron chi connectivity index (χ1n) is 7.99. The molecule has 0 amide bonds. The maximum Gasteiger partial charge on any atom is 0.0580 e. The maximum atomic E-state index is 10.6. The summed E-state index contributed by atoms with van der Waals surface area (Å²) in [4.78, 5) is 0. The van der Waals surface area contributed by atoms with Gasteiger partial charge in [0.15, 0.2) is 0 Å². The van der Waals surface area contributed by atoms with E-state index in [4.69, 9.17) is 0 Å². The first-order valence-corrected chi connectivity index (χ1v) is 7.99. The van der Waals surface area contributed by atoms with Gasteiger partial charge in [-0.25, -0.2) is 0 Å². The van der Waals surface area contributed by atoms with Crippen LogP contribution in [-0.4, -0.2) is 11.2 Å². The van der Waals surface area contributed by atoms with Crippen molar-refractivity contribution in [2.75, 3.05) is 0 Å². The molecule has 1 atom stereocenters. The van der Waals surface area contributed by atoms with Crippen molar-refractivity contribution in [3.8, 4) is 0 Å². The lowest BCUT2D eigenvalue weighted by Gasteiger charge is -2.38. The molecule has 0 spiro atoms. The average molecular weight is 280 g/mol. The number of rotatable bonds is 5. The molecule has 3 rings (SSSR count). The molecule has 110 valence electrons. The van der Waals surface area contributed by atoms with E-state index >= 15 is 0 Å². The Labute approximate surface area is 127 Å². The van der Waals surface area contributed by atoms with Gasteiger partial charge >= 0.3 is 0 Å². The smallest absolute Gasteiger partial charge is 0.0580 e. The first-order chi connectivity index (χ1) is 10.2. The van der Waals surface area contributed by atoms with Crippen molar-refractivity contribution in [3.63, 3.8) is 0 Å². The lowest BCUT2D eigenvalue weighted by Crippen LogP contribution is -2.35. The molecule has 21 heavy (non-hydrogen) atoms. The minimum Gasteiger partial charge on any atom is -0.393 e. The fourth-order valence-corrected chi connectivity index (χ4v) is 3.42. The van der Waals surface area contributed by atoms with E-state index in [1.54, 1.807) is 0 Å². The van der Waals surface area contributed by atoms with Gasteiger partial charge in [0, 0.05) is 5.41 Å². The number of hydrogen-bond donors (Lipinski definition) is 1. The second-order valence-electron chi connectivity index (χ2n) is 6.53. The number of aliphatic hydroxyl groups excluding tert-OH is 1. The van der Waals surface area contributed by atoms with Crippen LogP contribution in [0.1, 0.15) is 43.7 Å². The molecule has 0 heterocycles. The Morgan fingerprint density at radius 2 is 1.43 bits per heavy atom. The molecular formula is C20H24O. The van der Waals surface area contributed by atoms with Gasteiger partial charge in [-0.05, 0) is 36.3 Å². The molecule has 1 heteroatoms. The summed E-state index contributed by atoms with van der Waals surface area (Å²) in [5, 5.41) is 10.6. The summed E-state index contributed by atoms with van der Waals surface area (Å²) in [5.74, 6) is 0.497. The molecule has 2 aromatic carbocycles. The monoisotopic (exact) mass is 280 g/mol. The minimum atomic E-state index is -0.204. The van der Waals surface area contributed by atoms with Crippen molar-refractivity contribution in [3.05, 3.63) is 71.8 Å². The van der Waals surface area contributed by atoms with Crippen LogP contribution in [0, 0.1) is 5.92 Å². The third-order valence-corrected chi connectivity index (χ3v) is 5.13. The van der Waals surface area contributed by atoms with Crippen LogP contribution in [0.2, 0.25) is 0 Å². The second-order valence-corrected chi connectivity index (χ2v) is 6.53. The predicted octanol–water partition coefficient (Wildman–Crippen LogP) is 4.54. The summed E-state index contributed by atoms with van der Waals surface area (Å²) in [7, 11) is 0. The molecule has 0 radical (unpaired) electrons. The van der Waals surface area contributed by atoms with Gasteiger partial charge in [0.1, 0.15) is 0 Å². The molecule has 0 unspecified atom stereocenters. The van der Waals surface area contributed by atoms with E-state index in [1.807, 2.05) is 0 Å². The molecule has 0 saturated heterocycles. The van der Waals surface area contributed by atoms with E-state index in [0.29, 0.717) is 5.92 Å². The van der Waals surface area contributed by atoms with Gasteiger partial charge < -0.3 is 5.11 Å². The molecule has 1 nitrogen and oxygen atoms in total. The van der Waals surface area contributed by atoms with Crippen LogP contribution in [0.4, 0.5) is 0 Å². The van der Waals surface area contributed by atoms with Crippen LogP contribution in [0.5, 0.6) is 0 Å². The zero-order valence-electron chi connectivity index (χ0n) is 12.7. The number of hydrogen-bond acceptors (Lipinski definition) is 1. The zero-order chi connectivity index (χ0) is 14.7. The van der Waals surface area contributed by atoms with Gasteiger partial charge in [-0.1, -0.05) is 74.0 Å².